The zero-order valence-corrected chi connectivity index (χ0v) is 15.8. The van der Waals surface area contributed by atoms with E-state index in [2.05, 4.69) is 12.2 Å². The molecule has 0 bridgehead atoms. The molecule has 0 spiro atoms. The van der Waals surface area contributed by atoms with Gasteiger partial charge in [-0.2, -0.15) is 4.31 Å². The standard InChI is InChI=1S/C15H23ClN2O3S.ClH/c1-3-17-11-12-6-8-18(9-7-12)22(19,20)15-10-13(21-2)4-5-14(15)16;/h4-5,10,12,17H,3,6-9,11H2,1-2H3;1H. The quantitative estimate of drug-likeness (QED) is 0.821. The monoisotopic (exact) mass is 382 g/mol. The Labute approximate surface area is 149 Å². The highest BCUT2D eigenvalue weighted by Gasteiger charge is 2.31. The maximum absolute atomic E-state index is 12.8. The SMILES string of the molecule is CCNCC1CCN(S(=O)(=O)c2cc(OC)ccc2Cl)CC1.Cl. The number of hydrogen-bond donors (Lipinski definition) is 1. The topological polar surface area (TPSA) is 58.6 Å². The molecule has 1 aliphatic heterocycles. The lowest BCUT2D eigenvalue weighted by molar-refractivity contribution is 0.268. The summed E-state index contributed by atoms with van der Waals surface area (Å²) >= 11 is 6.08. The van der Waals surface area contributed by atoms with Crippen molar-refractivity contribution in [3.05, 3.63) is 23.2 Å². The number of ether oxygens (including phenoxy) is 1. The maximum atomic E-state index is 12.8. The predicted octanol–water partition coefficient (Wildman–Crippen LogP) is 2.78. The lowest BCUT2D eigenvalue weighted by Gasteiger charge is -2.31. The Hall–Kier alpha value is -0.530. The third-order valence-corrected chi connectivity index (χ3v) is 6.39. The van der Waals surface area contributed by atoms with Gasteiger partial charge >= 0.3 is 0 Å². The minimum atomic E-state index is -3.57. The Balaban J connectivity index is 0.00000264. The number of benzene rings is 1. The van der Waals surface area contributed by atoms with Crippen LogP contribution in [0.1, 0.15) is 19.8 Å². The number of nitrogens with one attached hydrogen (secondary N) is 1. The molecular formula is C15H24Cl2N2O3S. The fraction of sp³-hybridized carbons (Fsp3) is 0.600. The van der Waals surface area contributed by atoms with Gasteiger partial charge in [0.05, 0.1) is 12.1 Å². The Morgan fingerprint density at radius 2 is 2.00 bits per heavy atom. The van der Waals surface area contributed by atoms with Crippen LogP contribution in [0.25, 0.3) is 0 Å². The third-order valence-electron chi connectivity index (χ3n) is 4.01. The van der Waals surface area contributed by atoms with Gasteiger partial charge in [-0.1, -0.05) is 18.5 Å². The van der Waals surface area contributed by atoms with E-state index in [1.165, 1.54) is 17.5 Å². The molecule has 23 heavy (non-hydrogen) atoms. The van der Waals surface area contributed by atoms with Gasteiger partial charge in [0.15, 0.2) is 0 Å². The second-order valence-corrected chi connectivity index (χ2v) is 7.77. The van der Waals surface area contributed by atoms with E-state index in [1.54, 1.807) is 12.1 Å². The Kier molecular flexibility index (Phi) is 8.10. The molecule has 0 unspecified atom stereocenters. The first-order valence-electron chi connectivity index (χ1n) is 7.53. The van der Waals surface area contributed by atoms with Gasteiger partial charge in [-0.25, -0.2) is 8.42 Å². The average molecular weight is 383 g/mol. The van der Waals surface area contributed by atoms with Crippen molar-refractivity contribution in [2.45, 2.75) is 24.7 Å². The predicted molar refractivity (Wildman–Crippen MR) is 95.3 cm³/mol. The lowest BCUT2D eigenvalue weighted by Crippen LogP contribution is -2.40. The van der Waals surface area contributed by atoms with Crippen LogP contribution in [0.2, 0.25) is 5.02 Å². The van der Waals surface area contributed by atoms with Gasteiger partial charge in [-0.15, -0.1) is 12.4 Å². The molecule has 1 N–H and O–H groups in total. The van der Waals surface area contributed by atoms with Gasteiger partial charge < -0.3 is 10.1 Å². The van der Waals surface area contributed by atoms with E-state index in [9.17, 15) is 8.42 Å². The van der Waals surface area contributed by atoms with E-state index in [0.29, 0.717) is 24.8 Å². The van der Waals surface area contributed by atoms with Crippen LogP contribution in [0.5, 0.6) is 5.75 Å². The molecule has 0 atom stereocenters. The molecule has 0 radical (unpaired) electrons. The summed E-state index contributed by atoms with van der Waals surface area (Å²) in [5, 5.41) is 3.55. The highest BCUT2D eigenvalue weighted by molar-refractivity contribution is 7.89. The molecule has 1 fully saturated rings. The number of sulfonamides is 1. The van der Waals surface area contributed by atoms with Crippen molar-refractivity contribution in [2.75, 3.05) is 33.3 Å². The van der Waals surface area contributed by atoms with Gasteiger partial charge in [0.2, 0.25) is 10.0 Å². The van der Waals surface area contributed by atoms with E-state index in [0.717, 1.165) is 25.9 Å². The lowest BCUT2D eigenvalue weighted by atomic mass is 9.98. The normalized spacial score (nSPS) is 16.8. The van der Waals surface area contributed by atoms with Crippen LogP contribution < -0.4 is 10.1 Å². The summed E-state index contributed by atoms with van der Waals surface area (Å²) in [5.41, 5.74) is 0. The first kappa shape index (κ1) is 20.5. The molecule has 1 aromatic rings. The molecule has 132 valence electrons. The summed E-state index contributed by atoms with van der Waals surface area (Å²) in [6.07, 6.45) is 1.74. The van der Waals surface area contributed by atoms with Crippen molar-refractivity contribution in [1.82, 2.24) is 9.62 Å². The Bertz CT molecular complexity index is 603. The van der Waals surface area contributed by atoms with Crippen LogP contribution in [-0.2, 0) is 10.0 Å². The van der Waals surface area contributed by atoms with Crippen molar-refractivity contribution >= 4 is 34.0 Å². The summed E-state index contributed by atoms with van der Waals surface area (Å²) in [6.45, 7) is 5.03. The molecular weight excluding hydrogens is 359 g/mol. The van der Waals surface area contributed by atoms with Crippen LogP contribution in [0.4, 0.5) is 0 Å². The summed E-state index contributed by atoms with van der Waals surface area (Å²) in [4.78, 5) is 0.124. The maximum Gasteiger partial charge on any atom is 0.244 e. The van der Waals surface area contributed by atoms with E-state index in [-0.39, 0.29) is 22.3 Å². The molecule has 1 aromatic carbocycles. The van der Waals surface area contributed by atoms with Crippen molar-refractivity contribution in [1.29, 1.82) is 0 Å². The number of rotatable bonds is 6. The Morgan fingerprint density at radius 1 is 1.35 bits per heavy atom. The van der Waals surface area contributed by atoms with Crippen molar-refractivity contribution in [3.63, 3.8) is 0 Å². The first-order chi connectivity index (χ1) is 10.5. The molecule has 0 aromatic heterocycles. The number of halogens is 2. The fourth-order valence-corrected chi connectivity index (χ4v) is 4.61. The third kappa shape index (κ3) is 4.97. The molecule has 1 saturated heterocycles. The minimum Gasteiger partial charge on any atom is -0.497 e. The smallest absolute Gasteiger partial charge is 0.244 e. The number of piperidine rings is 1. The number of nitrogens with zero attached hydrogens (tertiary/aromatic N) is 1. The van der Waals surface area contributed by atoms with Crippen molar-refractivity contribution in [3.8, 4) is 5.75 Å². The molecule has 2 rings (SSSR count). The summed E-state index contributed by atoms with van der Waals surface area (Å²) in [7, 11) is -2.06. The van der Waals surface area contributed by atoms with Gasteiger partial charge in [-0.3, -0.25) is 0 Å². The summed E-state index contributed by atoms with van der Waals surface area (Å²) in [5.74, 6) is 1.03. The molecule has 8 heteroatoms. The van der Waals surface area contributed by atoms with Crippen LogP contribution >= 0.6 is 24.0 Å². The van der Waals surface area contributed by atoms with Crippen LogP contribution in [-0.4, -0.2) is 46.0 Å². The molecule has 1 heterocycles. The molecule has 0 aliphatic carbocycles. The van der Waals surface area contributed by atoms with E-state index in [1.807, 2.05) is 0 Å². The summed E-state index contributed by atoms with van der Waals surface area (Å²) < 4.78 is 32.2. The second-order valence-electron chi connectivity index (χ2n) is 5.45. The number of methoxy groups -OCH3 is 1. The van der Waals surface area contributed by atoms with E-state index in [4.69, 9.17) is 16.3 Å². The van der Waals surface area contributed by atoms with Crippen LogP contribution in [0.15, 0.2) is 23.1 Å². The van der Waals surface area contributed by atoms with Gasteiger partial charge in [0.25, 0.3) is 0 Å². The minimum absolute atomic E-state index is 0. The van der Waals surface area contributed by atoms with E-state index >= 15 is 0 Å². The summed E-state index contributed by atoms with van der Waals surface area (Å²) in [6, 6.07) is 4.71. The van der Waals surface area contributed by atoms with Crippen molar-refractivity contribution in [2.24, 2.45) is 5.92 Å². The highest BCUT2D eigenvalue weighted by Crippen LogP contribution is 2.30. The van der Waals surface area contributed by atoms with Gasteiger partial charge in [0.1, 0.15) is 10.6 Å². The van der Waals surface area contributed by atoms with Crippen LogP contribution in [0.3, 0.4) is 0 Å². The molecule has 1 aliphatic rings. The zero-order valence-electron chi connectivity index (χ0n) is 13.4. The highest BCUT2D eigenvalue weighted by atomic mass is 35.5. The first-order valence-corrected chi connectivity index (χ1v) is 9.35. The van der Waals surface area contributed by atoms with Crippen LogP contribution in [0, 0.1) is 5.92 Å². The molecule has 0 saturated carbocycles. The second kappa shape index (κ2) is 9.08. The van der Waals surface area contributed by atoms with Gasteiger partial charge in [0, 0.05) is 19.2 Å². The Morgan fingerprint density at radius 3 is 2.57 bits per heavy atom. The molecule has 5 nitrogen and oxygen atoms in total. The molecule has 0 amide bonds. The average Bonchev–Trinajstić information content (AvgIpc) is 2.53. The largest absolute Gasteiger partial charge is 0.497 e. The zero-order chi connectivity index (χ0) is 16.2. The van der Waals surface area contributed by atoms with Crippen molar-refractivity contribution < 1.29 is 13.2 Å². The fourth-order valence-electron chi connectivity index (χ4n) is 2.65. The van der Waals surface area contributed by atoms with Gasteiger partial charge in [-0.05, 0) is 44.0 Å². The number of hydrogen-bond acceptors (Lipinski definition) is 4. The van der Waals surface area contributed by atoms with E-state index < -0.39 is 10.0 Å².